The van der Waals surface area contributed by atoms with E-state index in [1.807, 2.05) is 0 Å². The molecule has 0 radical (unpaired) electrons. The highest BCUT2D eigenvalue weighted by Gasteiger charge is 2.16. The largest absolute Gasteiger partial charge is 0.298 e. The van der Waals surface area contributed by atoms with Crippen LogP contribution in [0.2, 0.25) is 0 Å². The first kappa shape index (κ1) is 9.50. The number of nitrogens with one attached hydrogen (secondary N) is 1. The average Bonchev–Trinajstić information content (AvgIpc) is 2.02. The maximum Gasteiger partial charge on any atom is 0.264 e. The van der Waals surface area contributed by atoms with E-state index >= 15 is 0 Å². The van der Waals surface area contributed by atoms with Crippen LogP contribution in [0.25, 0.3) is 0 Å². The van der Waals surface area contributed by atoms with Gasteiger partial charge in [0.15, 0.2) is 12.2 Å². The van der Waals surface area contributed by atoms with Gasteiger partial charge in [-0.05, 0) is 0 Å². The molecule has 1 N–H and O–H groups in total. The molecule has 0 aromatic carbocycles. The van der Waals surface area contributed by atoms with Crippen LogP contribution in [0, 0.1) is 5.95 Å². The van der Waals surface area contributed by atoms with E-state index < -0.39 is 29.1 Å². The quantitative estimate of drug-likeness (QED) is 0.565. The SMILES string of the molecule is O=Cc1c(C(F)F)cc(F)[nH]c1=O. The lowest BCUT2D eigenvalue weighted by molar-refractivity contribution is 0.110. The van der Waals surface area contributed by atoms with Crippen LogP contribution in [0.1, 0.15) is 22.3 Å². The molecule has 0 aliphatic rings. The molecule has 0 bridgehead atoms. The highest BCUT2D eigenvalue weighted by Crippen LogP contribution is 2.19. The number of H-pyrrole nitrogens is 1. The van der Waals surface area contributed by atoms with Gasteiger partial charge in [-0.15, -0.1) is 0 Å². The molecule has 0 fully saturated rings. The number of carbonyl (C=O) groups is 1. The minimum absolute atomic E-state index is 0.0280. The topological polar surface area (TPSA) is 49.9 Å². The van der Waals surface area contributed by atoms with Gasteiger partial charge in [0.1, 0.15) is 0 Å². The number of rotatable bonds is 2. The first-order chi connectivity index (χ1) is 6.06. The normalized spacial score (nSPS) is 10.5. The van der Waals surface area contributed by atoms with Crippen LogP contribution in [-0.4, -0.2) is 11.3 Å². The number of aromatic amines is 1. The van der Waals surface area contributed by atoms with Gasteiger partial charge in [-0.25, -0.2) is 8.78 Å². The fraction of sp³-hybridized carbons (Fsp3) is 0.143. The zero-order valence-electron chi connectivity index (χ0n) is 6.18. The van der Waals surface area contributed by atoms with Crippen molar-refractivity contribution in [3.63, 3.8) is 0 Å². The third-order valence-electron chi connectivity index (χ3n) is 1.42. The number of hydrogen-bond acceptors (Lipinski definition) is 2. The summed E-state index contributed by atoms with van der Waals surface area (Å²) in [5, 5.41) is 0. The summed E-state index contributed by atoms with van der Waals surface area (Å²) in [5.74, 6) is -1.19. The van der Waals surface area contributed by atoms with Gasteiger partial charge < -0.3 is 0 Å². The van der Waals surface area contributed by atoms with Crippen LogP contribution in [0.5, 0.6) is 0 Å². The minimum Gasteiger partial charge on any atom is -0.298 e. The molecule has 1 aromatic rings. The molecular weight excluding hydrogens is 187 g/mol. The summed E-state index contributed by atoms with van der Waals surface area (Å²) >= 11 is 0. The van der Waals surface area contributed by atoms with Crippen molar-refractivity contribution in [2.75, 3.05) is 0 Å². The van der Waals surface area contributed by atoms with Crippen LogP contribution in [-0.2, 0) is 0 Å². The average molecular weight is 191 g/mol. The lowest BCUT2D eigenvalue weighted by Crippen LogP contribution is -2.16. The summed E-state index contributed by atoms with van der Waals surface area (Å²) in [7, 11) is 0. The van der Waals surface area contributed by atoms with E-state index in [1.165, 1.54) is 0 Å². The third kappa shape index (κ3) is 1.77. The highest BCUT2D eigenvalue weighted by atomic mass is 19.3. The van der Waals surface area contributed by atoms with Gasteiger partial charge in [-0.1, -0.05) is 0 Å². The van der Waals surface area contributed by atoms with Crippen molar-refractivity contribution in [1.82, 2.24) is 4.98 Å². The van der Waals surface area contributed by atoms with E-state index in [9.17, 15) is 22.8 Å². The Morgan fingerprint density at radius 2 is 2.08 bits per heavy atom. The van der Waals surface area contributed by atoms with E-state index in [-0.39, 0.29) is 6.29 Å². The van der Waals surface area contributed by atoms with Crippen LogP contribution in [0.15, 0.2) is 10.9 Å². The van der Waals surface area contributed by atoms with Crippen molar-refractivity contribution in [2.24, 2.45) is 0 Å². The zero-order chi connectivity index (χ0) is 10.0. The van der Waals surface area contributed by atoms with Crippen molar-refractivity contribution < 1.29 is 18.0 Å². The molecule has 0 unspecified atom stereocenters. The maximum atomic E-state index is 12.4. The number of alkyl halides is 2. The number of halogens is 3. The fourth-order valence-electron chi connectivity index (χ4n) is 0.859. The van der Waals surface area contributed by atoms with Crippen molar-refractivity contribution in [2.45, 2.75) is 6.43 Å². The summed E-state index contributed by atoms with van der Waals surface area (Å²) < 4.78 is 36.6. The van der Waals surface area contributed by atoms with Crippen LogP contribution < -0.4 is 5.56 Å². The molecule has 0 amide bonds. The van der Waals surface area contributed by atoms with Crippen LogP contribution in [0.4, 0.5) is 13.2 Å². The Morgan fingerprint density at radius 1 is 1.46 bits per heavy atom. The molecule has 6 heteroatoms. The predicted octanol–water partition coefficient (Wildman–Crippen LogP) is 1.26. The Bertz CT molecular complexity index is 386. The Kier molecular flexibility index (Phi) is 2.50. The minimum atomic E-state index is -3.04. The second kappa shape index (κ2) is 3.42. The second-order valence-corrected chi connectivity index (χ2v) is 2.23. The third-order valence-corrected chi connectivity index (χ3v) is 1.42. The summed E-state index contributed by atoms with van der Waals surface area (Å²) in [6, 6.07) is 0.426. The molecule has 1 rings (SSSR count). The Balaban J connectivity index is 3.47. The van der Waals surface area contributed by atoms with E-state index in [2.05, 4.69) is 0 Å². The molecular formula is C7H4F3NO2. The second-order valence-electron chi connectivity index (χ2n) is 2.23. The fourth-order valence-corrected chi connectivity index (χ4v) is 0.859. The Labute approximate surface area is 70.2 Å². The molecule has 1 heterocycles. The summed E-state index contributed by atoms with van der Waals surface area (Å²) in [5.41, 5.74) is -2.78. The first-order valence-electron chi connectivity index (χ1n) is 3.22. The zero-order valence-corrected chi connectivity index (χ0v) is 6.18. The van der Waals surface area contributed by atoms with Gasteiger partial charge in [-0.2, -0.15) is 4.39 Å². The first-order valence-corrected chi connectivity index (χ1v) is 3.22. The summed E-state index contributed by atoms with van der Waals surface area (Å²) in [6.07, 6.45) is -3.07. The lowest BCUT2D eigenvalue weighted by atomic mass is 10.1. The number of aromatic nitrogens is 1. The molecule has 13 heavy (non-hydrogen) atoms. The van der Waals surface area contributed by atoms with Gasteiger partial charge in [0, 0.05) is 11.6 Å². The van der Waals surface area contributed by atoms with E-state index in [0.29, 0.717) is 6.07 Å². The highest BCUT2D eigenvalue weighted by molar-refractivity contribution is 5.76. The molecule has 0 atom stereocenters. The van der Waals surface area contributed by atoms with Gasteiger partial charge in [-0.3, -0.25) is 14.6 Å². The molecule has 0 saturated heterocycles. The molecule has 70 valence electrons. The lowest BCUT2D eigenvalue weighted by Gasteiger charge is -2.01. The Hall–Kier alpha value is -1.59. The van der Waals surface area contributed by atoms with Crippen molar-refractivity contribution in [1.29, 1.82) is 0 Å². The molecule has 0 spiro atoms. The van der Waals surface area contributed by atoms with Gasteiger partial charge >= 0.3 is 0 Å². The molecule has 0 aliphatic heterocycles. The number of carbonyl (C=O) groups excluding carboxylic acids is 1. The van der Waals surface area contributed by atoms with Crippen LogP contribution >= 0.6 is 0 Å². The molecule has 3 nitrogen and oxygen atoms in total. The van der Waals surface area contributed by atoms with E-state index in [0.717, 1.165) is 0 Å². The van der Waals surface area contributed by atoms with Crippen molar-refractivity contribution in [3.8, 4) is 0 Å². The number of hydrogen-bond donors (Lipinski definition) is 1. The summed E-state index contributed by atoms with van der Waals surface area (Å²) in [4.78, 5) is 22.5. The summed E-state index contributed by atoms with van der Waals surface area (Å²) in [6.45, 7) is 0. The molecule has 0 aliphatic carbocycles. The number of aldehydes is 1. The van der Waals surface area contributed by atoms with Gasteiger partial charge in [0.25, 0.3) is 12.0 Å². The van der Waals surface area contributed by atoms with E-state index in [4.69, 9.17) is 0 Å². The van der Waals surface area contributed by atoms with Crippen molar-refractivity contribution in [3.05, 3.63) is 33.5 Å². The predicted molar refractivity (Wildman–Crippen MR) is 37.4 cm³/mol. The van der Waals surface area contributed by atoms with E-state index in [1.54, 1.807) is 4.98 Å². The Morgan fingerprint density at radius 3 is 2.54 bits per heavy atom. The smallest absolute Gasteiger partial charge is 0.264 e. The monoisotopic (exact) mass is 191 g/mol. The molecule has 1 aromatic heterocycles. The van der Waals surface area contributed by atoms with Crippen molar-refractivity contribution >= 4 is 6.29 Å². The van der Waals surface area contributed by atoms with Crippen LogP contribution in [0.3, 0.4) is 0 Å². The van der Waals surface area contributed by atoms with Gasteiger partial charge in [0.05, 0.1) is 5.56 Å². The molecule has 0 saturated carbocycles. The number of pyridine rings is 1. The standard InChI is InChI=1S/C7H4F3NO2/c8-5-1-3(6(9)10)4(2-12)7(13)11-5/h1-2,6H,(H,11,13). The van der Waals surface area contributed by atoms with Gasteiger partial charge in [0.2, 0.25) is 0 Å². The maximum absolute atomic E-state index is 12.4.